The molecule has 3 aromatic rings. The molecular weight excluding hydrogens is 392 g/mol. The lowest BCUT2D eigenvalue weighted by atomic mass is 10.0. The minimum absolute atomic E-state index is 0.0556. The van der Waals surface area contributed by atoms with E-state index in [1.54, 1.807) is 12.1 Å². The van der Waals surface area contributed by atoms with E-state index in [9.17, 15) is 14.4 Å². The molecule has 0 spiro atoms. The van der Waals surface area contributed by atoms with Crippen molar-refractivity contribution in [2.45, 2.75) is 46.6 Å². The van der Waals surface area contributed by atoms with Crippen molar-refractivity contribution in [3.8, 4) is 5.69 Å². The van der Waals surface area contributed by atoms with Crippen LogP contribution in [0.25, 0.3) is 5.69 Å². The second kappa shape index (κ2) is 9.55. The van der Waals surface area contributed by atoms with Crippen LogP contribution in [0.3, 0.4) is 0 Å². The Labute approximate surface area is 181 Å². The van der Waals surface area contributed by atoms with Crippen molar-refractivity contribution >= 4 is 5.91 Å². The molecular formula is C24H28N4O3. The fourth-order valence-corrected chi connectivity index (χ4v) is 3.28. The minimum atomic E-state index is -0.699. The average Bonchev–Trinajstić information content (AvgIpc) is 2.75. The quantitative estimate of drug-likeness (QED) is 0.637. The first kappa shape index (κ1) is 22.2. The molecule has 0 saturated carbocycles. The zero-order chi connectivity index (χ0) is 22.5. The summed E-state index contributed by atoms with van der Waals surface area (Å²) in [5.74, 6) is -0.248. The molecule has 0 unspecified atom stereocenters. The van der Waals surface area contributed by atoms with Crippen LogP contribution in [0.2, 0.25) is 0 Å². The Morgan fingerprint density at radius 1 is 1.10 bits per heavy atom. The fraction of sp³-hybridized carbons (Fsp3) is 0.333. The molecule has 7 nitrogen and oxygen atoms in total. The third-order valence-corrected chi connectivity index (χ3v) is 5.04. The predicted molar refractivity (Wildman–Crippen MR) is 121 cm³/mol. The third kappa shape index (κ3) is 4.99. The molecule has 0 atom stereocenters. The van der Waals surface area contributed by atoms with Gasteiger partial charge in [-0.05, 0) is 42.5 Å². The topological polar surface area (TPSA) is 86.0 Å². The molecule has 0 bridgehead atoms. The minimum Gasteiger partial charge on any atom is -0.350 e. The summed E-state index contributed by atoms with van der Waals surface area (Å²) in [6, 6.07) is 15.0. The lowest BCUT2D eigenvalue weighted by Crippen LogP contribution is -2.46. The van der Waals surface area contributed by atoms with Gasteiger partial charge in [-0.15, -0.1) is 0 Å². The predicted octanol–water partition coefficient (Wildman–Crippen LogP) is 3.01. The van der Waals surface area contributed by atoms with Crippen LogP contribution >= 0.6 is 0 Å². The number of carbonyl (C=O) groups excluding carboxylic acids is 1. The van der Waals surface area contributed by atoms with Crippen LogP contribution in [0.15, 0.2) is 58.1 Å². The molecule has 0 fully saturated rings. The summed E-state index contributed by atoms with van der Waals surface area (Å²) in [7, 11) is 0. The molecule has 1 amide bonds. The Bertz CT molecular complexity index is 1190. The second-order valence-corrected chi connectivity index (χ2v) is 7.93. The van der Waals surface area contributed by atoms with Crippen LogP contribution in [0.5, 0.6) is 0 Å². The van der Waals surface area contributed by atoms with E-state index in [1.807, 2.05) is 50.2 Å². The summed E-state index contributed by atoms with van der Waals surface area (Å²) in [5, 5.41) is 6.83. The summed E-state index contributed by atoms with van der Waals surface area (Å²) in [5.41, 5.74) is 1.85. The van der Waals surface area contributed by atoms with Gasteiger partial charge in [0.05, 0.1) is 12.2 Å². The van der Waals surface area contributed by atoms with E-state index < -0.39 is 17.2 Å². The number of amides is 1. The van der Waals surface area contributed by atoms with Crippen molar-refractivity contribution in [1.82, 2.24) is 19.7 Å². The van der Waals surface area contributed by atoms with E-state index in [1.165, 1.54) is 0 Å². The SMILES string of the molecule is CCCNC(=O)c1nn(-c2ccc(C(C)C)cc2)c(=O)n(Cc2cccc(C)c2)c1=O. The monoisotopic (exact) mass is 420 g/mol. The normalized spacial score (nSPS) is 11.0. The summed E-state index contributed by atoms with van der Waals surface area (Å²) < 4.78 is 2.20. The van der Waals surface area contributed by atoms with E-state index in [2.05, 4.69) is 24.3 Å². The molecule has 3 rings (SSSR count). The lowest BCUT2D eigenvalue weighted by Gasteiger charge is -2.13. The molecule has 0 aliphatic heterocycles. The Morgan fingerprint density at radius 3 is 2.42 bits per heavy atom. The second-order valence-electron chi connectivity index (χ2n) is 7.93. The number of nitrogens with one attached hydrogen (secondary N) is 1. The summed E-state index contributed by atoms with van der Waals surface area (Å²) in [6.45, 7) is 8.49. The van der Waals surface area contributed by atoms with Crippen molar-refractivity contribution in [2.75, 3.05) is 6.54 Å². The standard InChI is InChI=1S/C24H28N4O3/c1-5-13-25-22(29)21-23(30)27(15-18-8-6-7-17(4)14-18)24(31)28(26-21)20-11-9-19(10-12-20)16(2)3/h6-12,14,16H,5,13,15H2,1-4H3,(H,25,29). The van der Waals surface area contributed by atoms with E-state index in [0.29, 0.717) is 18.2 Å². The third-order valence-electron chi connectivity index (χ3n) is 5.04. The first-order chi connectivity index (χ1) is 14.8. The van der Waals surface area contributed by atoms with E-state index in [4.69, 9.17) is 0 Å². The van der Waals surface area contributed by atoms with Gasteiger partial charge in [0.1, 0.15) is 0 Å². The van der Waals surface area contributed by atoms with Crippen LogP contribution in [0.1, 0.15) is 60.3 Å². The molecule has 2 aromatic carbocycles. The van der Waals surface area contributed by atoms with Crippen LogP contribution in [-0.2, 0) is 6.54 Å². The van der Waals surface area contributed by atoms with Gasteiger partial charge in [0, 0.05) is 6.54 Å². The largest absolute Gasteiger partial charge is 0.352 e. The molecule has 31 heavy (non-hydrogen) atoms. The number of hydrogen-bond acceptors (Lipinski definition) is 4. The molecule has 1 N–H and O–H groups in total. The van der Waals surface area contributed by atoms with Crippen LogP contribution in [-0.4, -0.2) is 26.8 Å². The maximum Gasteiger partial charge on any atom is 0.352 e. The zero-order valence-electron chi connectivity index (χ0n) is 18.4. The average molecular weight is 421 g/mol. The van der Waals surface area contributed by atoms with Crippen molar-refractivity contribution < 1.29 is 4.79 Å². The van der Waals surface area contributed by atoms with Gasteiger partial charge in [0.2, 0.25) is 5.69 Å². The molecule has 7 heteroatoms. The smallest absolute Gasteiger partial charge is 0.350 e. The maximum absolute atomic E-state index is 13.2. The lowest BCUT2D eigenvalue weighted by molar-refractivity contribution is 0.0944. The summed E-state index contributed by atoms with van der Waals surface area (Å²) in [6.07, 6.45) is 0.722. The molecule has 0 aliphatic rings. The van der Waals surface area contributed by atoms with Crippen molar-refractivity contribution in [3.63, 3.8) is 0 Å². The van der Waals surface area contributed by atoms with Gasteiger partial charge in [0.15, 0.2) is 0 Å². The van der Waals surface area contributed by atoms with Gasteiger partial charge in [-0.3, -0.25) is 14.2 Å². The highest BCUT2D eigenvalue weighted by Gasteiger charge is 2.20. The highest BCUT2D eigenvalue weighted by atomic mass is 16.2. The first-order valence-corrected chi connectivity index (χ1v) is 10.5. The molecule has 162 valence electrons. The molecule has 0 saturated heterocycles. The van der Waals surface area contributed by atoms with Gasteiger partial charge in [-0.2, -0.15) is 9.78 Å². The van der Waals surface area contributed by atoms with Crippen LogP contribution in [0.4, 0.5) is 0 Å². The number of benzene rings is 2. The summed E-state index contributed by atoms with van der Waals surface area (Å²) in [4.78, 5) is 38.9. The number of nitrogens with zero attached hydrogens (tertiary/aromatic N) is 3. The molecule has 1 aromatic heterocycles. The van der Waals surface area contributed by atoms with Crippen LogP contribution < -0.4 is 16.6 Å². The number of rotatable bonds is 7. The van der Waals surface area contributed by atoms with E-state index in [-0.39, 0.29) is 12.2 Å². The van der Waals surface area contributed by atoms with E-state index >= 15 is 0 Å². The maximum atomic E-state index is 13.2. The highest BCUT2D eigenvalue weighted by molar-refractivity contribution is 5.91. The number of aryl methyl sites for hydroxylation is 1. The zero-order valence-corrected chi connectivity index (χ0v) is 18.4. The summed E-state index contributed by atoms with van der Waals surface area (Å²) >= 11 is 0. The molecule has 0 aliphatic carbocycles. The van der Waals surface area contributed by atoms with Gasteiger partial charge >= 0.3 is 5.69 Å². The molecule has 0 radical (unpaired) electrons. The van der Waals surface area contributed by atoms with Gasteiger partial charge in [-0.1, -0.05) is 62.7 Å². The first-order valence-electron chi connectivity index (χ1n) is 10.5. The number of hydrogen-bond donors (Lipinski definition) is 1. The van der Waals surface area contributed by atoms with Crippen molar-refractivity contribution in [1.29, 1.82) is 0 Å². The van der Waals surface area contributed by atoms with Crippen molar-refractivity contribution in [2.24, 2.45) is 0 Å². The van der Waals surface area contributed by atoms with Gasteiger partial charge in [0.25, 0.3) is 11.5 Å². The molecule has 1 heterocycles. The van der Waals surface area contributed by atoms with Crippen molar-refractivity contribution in [3.05, 3.63) is 91.8 Å². The van der Waals surface area contributed by atoms with Gasteiger partial charge < -0.3 is 5.32 Å². The van der Waals surface area contributed by atoms with Crippen LogP contribution in [0, 0.1) is 6.92 Å². The number of carbonyl (C=O) groups is 1. The Hall–Kier alpha value is -3.48. The Kier molecular flexibility index (Phi) is 6.84. The highest BCUT2D eigenvalue weighted by Crippen LogP contribution is 2.15. The number of aromatic nitrogens is 3. The fourth-order valence-electron chi connectivity index (χ4n) is 3.28. The van der Waals surface area contributed by atoms with E-state index in [0.717, 1.165) is 32.4 Å². The Morgan fingerprint density at radius 2 is 1.81 bits per heavy atom. The Balaban J connectivity index is 2.16. The van der Waals surface area contributed by atoms with Gasteiger partial charge in [-0.25, -0.2) is 4.79 Å².